The minimum atomic E-state index is -0.868. The van der Waals surface area contributed by atoms with Crippen molar-refractivity contribution in [3.63, 3.8) is 0 Å². The number of ketones is 1. The molecule has 1 atom stereocenters. The second-order valence-corrected chi connectivity index (χ2v) is 9.16. The Hall–Kier alpha value is -5.04. The quantitative estimate of drug-likeness (QED) is 0.167. The fraction of sp³-hybridized carbons (Fsp3) is 0.125. The lowest BCUT2D eigenvalue weighted by molar-refractivity contribution is -0.132. The highest BCUT2D eigenvalue weighted by Crippen LogP contribution is 2.45. The van der Waals surface area contributed by atoms with E-state index in [-0.39, 0.29) is 16.9 Å². The van der Waals surface area contributed by atoms with Gasteiger partial charge in [-0.25, -0.2) is 0 Å². The zero-order valence-corrected chi connectivity index (χ0v) is 21.8. The highest BCUT2D eigenvalue weighted by atomic mass is 16.5. The molecule has 1 aliphatic heterocycles. The molecule has 5 rings (SSSR count). The SMILES string of the molecule is COc1cccc(OC)c1/C(O)=C1\C(=O)C(=O)N(c2ccc(Nc3ccccc3)cc2)C1c1cccc(C)c1. The summed E-state index contributed by atoms with van der Waals surface area (Å²) in [5.41, 5.74) is 4.09. The third-order valence-corrected chi connectivity index (χ3v) is 6.67. The summed E-state index contributed by atoms with van der Waals surface area (Å²) < 4.78 is 10.9. The van der Waals surface area contributed by atoms with Gasteiger partial charge in [0.2, 0.25) is 0 Å². The number of nitrogens with zero attached hydrogens (tertiary/aromatic N) is 1. The number of carbonyl (C=O) groups excluding carboxylic acids is 2. The molecular weight excluding hydrogens is 492 g/mol. The van der Waals surface area contributed by atoms with E-state index in [1.54, 1.807) is 30.3 Å². The molecule has 0 spiro atoms. The Balaban J connectivity index is 1.65. The molecule has 4 aromatic rings. The molecule has 1 saturated heterocycles. The van der Waals surface area contributed by atoms with Gasteiger partial charge in [-0.1, -0.05) is 54.1 Å². The summed E-state index contributed by atoms with van der Waals surface area (Å²) >= 11 is 0. The minimum Gasteiger partial charge on any atom is -0.506 e. The average Bonchev–Trinajstić information content (AvgIpc) is 3.23. The number of anilines is 3. The smallest absolute Gasteiger partial charge is 0.300 e. The van der Waals surface area contributed by atoms with E-state index in [9.17, 15) is 14.7 Å². The number of ether oxygens (including phenoxy) is 2. The molecule has 1 amide bonds. The van der Waals surface area contributed by atoms with Crippen molar-refractivity contribution < 1.29 is 24.2 Å². The van der Waals surface area contributed by atoms with Crippen molar-refractivity contribution in [1.82, 2.24) is 0 Å². The van der Waals surface area contributed by atoms with Crippen molar-refractivity contribution in [2.75, 3.05) is 24.4 Å². The van der Waals surface area contributed by atoms with E-state index in [1.807, 2.05) is 73.7 Å². The molecule has 1 aliphatic rings. The Bertz CT molecular complexity index is 1540. The third kappa shape index (κ3) is 4.82. The van der Waals surface area contributed by atoms with Gasteiger partial charge in [-0.05, 0) is 61.0 Å². The van der Waals surface area contributed by atoms with Crippen LogP contribution in [0.25, 0.3) is 5.76 Å². The monoisotopic (exact) mass is 520 g/mol. The number of hydrogen-bond acceptors (Lipinski definition) is 6. The van der Waals surface area contributed by atoms with Gasteiger partial charge in [0.25, 0.3) is 11.7 Å². The van der Waals surface area contributed by atoms with Crippen LogP contribution in [0.5, 0.6) is 11.5 Å². The molecule has 7 nitrogen and oxygen atoms in total. The van der Waals surface area contributed by atoms with Crippen LogP contribution in [0, 0.1) is 6.92 Å². The molecule has 39 heavy (non-hydrogen) atoms. The van der Waals surface area contributed by atoms with Crippen molar-refractivity contribution in [3.05, 3.63) is 119 Å². The second kappa shape index (κ2) is 10.8. The van der Waals surface area contributed by atoms with Gasteiger partial charge in [0, 0.05) is 17.1 Å². The molecule has 7 heteroatoms. The Labute approximate surface area is 226 Å². The van der Waals surface area contributed by atoms with Crippen LogP contribution in [0.1, 0.15) is 22.7 Å². The van der Waals surface area contributed by atoms with Crippen LogP contribution in [0.2, 0.25) is 0 Å². The second-order valence-electron chi connectivity index (χ2n) is 9.16. The van der Waals surface area contributed by atoms with E-state index < -0.39 is 17.7 Å². The Kier molecular flexibility index (Phi) is 7.06. The van der Waals surface area contributed by atoms with E-state index in [4.69, 9.17) is 9.47 Å². The van der Waals surface area contributed by atoms with Gasteiger partial charge in [0.05, 0.1) is 25.8 Å². The summed E-state index contributed by atoms with van der Waals surface area (Å²) in [4.78, 5) is 28.6. The maximum Gasteiger partial charge on any atom is 0.300 e. The molecule has 2 N–H and O–H groups in total. The van der Waals surface area contributed by atoms with Crippen LogP contribution in [0.3, 0.4) is 0 Å². The Morgan fingerprint density at radius 2 is 1.41 bits per heavy atom. The molecule has 1 fully saturated rings. The summed E-state index contributed by atoms with van der Waals surface area (Å²) in [7, 11) is 2.93. The van der Waals surface area contributed by atoms with Crippen molar-refractivity contribution in [2.45, 2.75) is 13.0 Å². The van der Waals surface area contributed by atoms with E-state index in [2.05, 4.69) is 5.32 Å². The average molecular weight is 521 g/mol. The number of Topliss-reactive ketones (excluding diaryl/α,β-unsaturated/α-hetero) is 1. The van der Waals surface area contributed by atoms with E-state index in [0.717, 1.165) is 16.9 Å². The van der Waals surface area contributed by atoms with Gasteiger partial charge >= 0.3 is 0 Å². The number of benzene rings is 4. The highest BCUT2D eigenvalue weighted by molar-refractivity contribution is 6.51. The topological polar surface area (TPSA) is 88.1 Å². The molecule has 0 bridgehead atoms. The molecule has 0 aliphatic carbocycles. The predicted molar refractivity (Wildman–Crippen MR) is 152 cm³/mol. The highest BCUT2D eigenvalue weighted by Gasteiger charge is 2.47. The zero-order chi connectivity index (χ0) is 27.5. The first-order valence-corrected chi connectivity index (χ1v) is 12.4. The van der Waals surface area contributed by atoms with Crippen molar-refractivity contribution in [2.24, 2.45) is 0 Å². The summed E-state index contributed by atoms with van der Waals surface area (Å²) in [6.45, 7) is 1.93. The summed E-state index contributed by atoms with van der Waals surface area (Å²) in [6, 6.07) is 28.7. The molecule has 1 heterocycles. The number of para-hydroxylation sites is 1. The van der Waals surface area contributed by atoms with Crippen LogP contribution in [-0.2, 0) is 9.59 Å². The first kappa shape index (κ1) is 25.6. The molecular formula is C32H28N2O5. The van der Waals surface area contributed by atoms with Crippen molar-refractivity contribution in [3.8, 4) is 11.5 Å². The first-order valence-electron chi connectivity index (χ1n) is 12.4. The maximum atomic E-state index is 13.6. The number of rotatable bonds is 7. The largest absolute Gasteiger partial charge is 0.506 e. The number of carbonyl (C=O) groups is 2. The number of hydrogen-bond donors (Lipinski definition) is 2. The Morgan fingerprint density at radius 3 is 2.03 bits per heavy atom. The van der Waals surface area contributed by atoms with Crippen LogP contribution in [0.4, 0.5) is 17.1 Å². The zero-order valence-electron chi connectivity index (χ0n) is 21.8. The number of nitrogens with one attached hydrogen (secondary N) is 1. The van der Waals surface area contributed by atoms with Crippen LogP contribution in [-0.4, -0.2) is 31.0 Å². The lowest BCUT2D eigenvalue weighted by Crippen LogP contribution is -2.29. The fourth-order valence-electron chi connectivity index (χ4n) is 4.87. The van der Waals surface area contributed by atoms with Gasteiger partial charge < -0.3 is 19.9 Å². The van der Waals surface area contributed by atoms with Gasteiger partial charge in [0.1, 0.15) is 22.8 Å². The molecule has 1 unspecified atom stereocenters. The van der Waals surface area contributed by atoms with Gasteiger partial charge in [-0.3, -0.25) is 14.5 Å². The lowest BCUT2D eigenvalue weighted by Gasteiger charge is -2.26. The maximum absolute atomic E-state index is 13.6. The number of aryl methyl sites for hydroxylation is 1. The summed E-state index contributed by atoms with van der Waals surface area (Å²) in [5, 5.41) is 14.9. The number of methoxy groups -OCH3 is 2. The predicted octanol–water partition coefficient (Wildman–Crippen LogP) is 6.38. The van der Waals surface area contributed by atoms with Gasteiger partial charge in [-0.2, -0.15) is 0 Å². The van der Waals surface area contributed by atoms with Crippen LogP contribution >= 0.6 is 0 Å². The molecule has 0 radical (unpaired) electrons. The molecule has 0 saturated carbocycles. The first-order chi connectivity index (χ1) is 18.9. The van der Waals surface area contributed by atoms with E-state index in [0.29, 0.717) is 22.7 Å². The summed E-state index contributed by atoms with van der Waals surface area (Å²) in [6.07, 6.45) is 0. The van der Waals surface area contributed by atoms with E-state index in [1.165, 1.54) is 19.1 Å². The number of aliphatic hydroxyl groups is 1. The minimum absolute atomic E-state index is 0.0418. The fourth-order valence-corrected chi connectivity index (χ4v) is 4.87. The Morgan fingerprint density at radius 1 is 0.795 bits per heavy atom. The normalized spacial score (nSPS) is 16.3. The van der Waals surface area contributed by atoms with Gasteiger partial charge in [0.15, 0.2) is 0 Å². The number of aliphatic hydroxyl groups excluding tert-OH is 1. The van der Waals surface area contributed by atoms with Gasteiger partial charge in [-0.15, -0.1) is 0 Å². The van der Waals surface area contributed by atoms with Crippen molar-refractivity contribution >= 4 is 34.5 Å². The molecule has 0 aromatic heterocycles. The molecule has 196 valence electrons. The van der Waals surface area contributed by atoms with Crippen molar-refractivity contribution in [1.29, 1.82) is 0 Å². The summed E-state index contributed by atoms with van der Waals surface area (Å²) in [5.74, 6) is -1.26. The van der Waals surface area contributed by atoms with Crippen LogP contribution in [0.15, 0.2) is 103 Å². The third-order valence-electron chi connectivity index (χ3n) is 6.67. The molecule has 4 aromatic carbocycles. The van der Waals surface area contributed by atoms with Crippen LogP contribution < -0.4 is 19.7 Å². The standard InChI is InChI=1S/C32H28N2O5/c1-20-9-7-10-21(19-20)29-28(30(35)27-25(38-2)13-8-14-26(27)39-3)31(36)32(37)34(29)24-17-15-23(16-18-24)33-22-11-5-4-6-12-22/h4-19,29,33,35H,1-3H3/b30-28+. The lowest BCUT2D eigenvalue weighted by atomic mass is 9.93. The number of amides is 1. The van der Waals surface area contributed by atoms with E-state index >= 15 is 0 Å².